The second kappa shape index (κ2) is 14.8. The van der Waals surface area contributed by atoms with Gasteiger partial charge in [0.15, 0.2) is 5.78 Å². The molecule has 2 aliphatic heterocycles. The number of fused-ring (bicyclic) bond motifs is 1. The van der Waals surface area contributed by atoms with E-state index in [0.29, 0.717) is 29.4 Å². The number of ketones is 1. The molecule has 16 nitrogen and oxygen atoms in total. The summed E-state index contributed by atoms with van der Waals surface area (Å²) >= 11 is 0. The molecular formula is C34H44FN5O11S2. The van der Waals surface area contributed by atoms with Gasteiger partial charge in [-0.1, -0.05) is 24.8 Å². The van der Waals surface area contributed by atoms with Gasteiger partial charge >= 0.3 is 12.2 Å². The van der Waals surface area contributed by atoms with Gasteiger partial charge in [-0.2, -0.15) is 0 Å². The molecule has 1 aromatic carbocycles. The summed E-state index contributed by atoms with van der Waals surface area (Å²) in [5.74, 6) is -3.52. The Morgan fingerprint density at radius 2 is 1.79 bits per heavy atom. The molecule has 5 atom stereocenters. The summed E-state index contributed by atoms with van der Waals surface area (Å²) in [6, 6.07) is 1.46. The zero-order valence-electron chi connectivity index (χ0n) is 29.6. The molecule has 1 saturated heterocycles. The third-order valence-corrected chi connectivity index (χ3v) is 12.5. The summed E-state index contributed by atoms with van der Waals surface area (Å²) in [6.07, 6.45) is -1.40. The molecule has 3 N–H and O–H groups in total. The van der Waals surface area contributed by atoms with E-state index in [2.05, 4.69) is 27.9 Å². The van der Waals surface area contributed by atoms with Crippen LogP contribution in [0.25, 0.3) is 0 Å². The van der Waals surface area contributed by atoms with Crippen molar-refractivity contribution < 1.29 is 54.7 Å². The fourth-order valence-electron chi connectivity index (χ4n) is 6.58. The standard InChI is InChI=1S/C34H44FN5O11S2/c1-6-21-14-34(21,30(43)38-53(48,49)23-11-12-23)15-28(41)27-13-22(50-32(45)39-17-20-9-8-10-25(35)24(20)19-39)18-40(27)29(42)26(16-36-52(46,47)7-2)37-31(44)51-33(3,4)5/h6-10,21-23,26-27,36H,1-2,11-19H2,3-5H3,(H,37,44)(H,38,43)/t21-,22-,26+,27?,34-/m1/s1. The Hall–Kier alpha value is -4.36. The summed E-state index contributed by atoms with van der Waals surface area (Å²) in [5, 5.41) is 2.24. The molecule has 19 heteroatoms. The topological polar surface area (TPSA) is 215 Å². The van der Waals surface area contributed by atoms with Gasteiger partial charge in [0.05, 0.1) is 29.8 Å². The van der Waals surface area contributed by atoms with Gasteiger partial charge in [0, 0.05) is 36.9 Å². The molecule has 290 valence electrons. The molecule has 5 rings (SSSR count). The number of amides is 4. The van der Waals surface area contributed by atoms with E-state index in [1.54, 1.807) is 26.8 Å². The van der Waals surface area contributed by atoms with Gasteiger partial charge in [0.25, 0.3) is 0 Å². The van der Waals surface area contributed by atoms with Crippen LogP contribution in [0.5, 0.6) is 0 Å². The number of nitrogens with zero attached hydrogens (tertiary/aromatic N) is 2. The lowest BCUT2D eigenvalue weighted by molar-refractivity contribution is -0.140. The first-order valence-corrected chi connectivity index (χ1v) is 20.1. The molecule has 0 spiro atoms. The van der Waals surface area contributed by atoms with Crippen LogP contribution in [0.2, 0.25) is 0 Å². The first-order valence-electron chi connectivity index (χ1n) is 17.0. The maximum Gasteiger partial charge on any atom is 0.410 e. The highest BCUT2D eigenvalue weighted by atomic mass is 32.2. The zero-order valence-corrected chi connectivity index (χ0v) is 31.3. The predicted molar refractivity (Wildman–Crippen MR) is 187 cm³/mol. The Kier molecular flexibility index (Phi) is 11.1. The molecular weight excluding hydrogens is 738 g/mol. The maximum atomic E-state index is 14.4. The van der Waals surface area contributed by atoms with Crippen LogP contribution in [-0.2, 0) is 57.0 Å². The fraction of sp³-hybridized carbons (Fsp3) is 0.559. The minimum Gasteiger partial charge on any atom is -0.444 e. The highest BCUT2D eigenvalue weighted by Crippen LogP contribution is 2.57. The van der Waals surface area contributed by atoms with Crippen molar-refractivity contribution in [2.45, 2.75) is 95.0 Å². The quantitative estimate of drug-likeness (QED) is 0.232. The van der Waals surface area contributed by atoms with Gasteiger partial charge in [-0.15, -0.1) is 6.58 Å². The number of alkyl carbamates (subject to hydrolysis) is 1. The van der Waals surface area contributed by atoms with Crippen molar-refractivity contribution >= 4 is 49.8 Å². The van der Waals surface area contributed by atoms with Crippen molar-refractivity contribution in [3.8, 4) is 0 Å². The van der Waals surface area contributed by atoms with Crippen LogP contribution in [0, 0.1) is 17.2 Å². The molecule has 0 bridgehead atoms. The fourth-order valence-corrected chi connectivity index (χ4v) is 8.48. The molecule has 4 amide bonds. The third-order valence-electron chi connectivity index (χ3n) is 9.62. The van der Waals surface area contributed by atoms with Crippen LogP contribution in [0.15, 0.2) is 42.8 Å². The van der Waals surface area contributed by atoms with Gasteiger partial charge in [-0.05, 0) is 57.6 Å². The average molecular weight is 782 g/mol. The minimum absolute atomic E-state index is 0.0549. The largest absolute Gasteiger partial charge is 0.444 e. The van der Waals surface area contributed by atoms with E-state index < -0.39 is 109 Å². The van der Waals surface area contributed by atoms with Crippen LogP contribution < -0.4 is 14.8 Å². The molecule has 53 heavy (non-hydrogen) atoms. The lowest BCUT2D eigenvalue weighted by Crippen LogP contribution is -2.56. The highest BCUT2D eigenvalue weighted by molar-refractivity contribution is 7.92. The van der Waals surface area contributed by atoms with Gasteiger partial charge < -0.3 is 19.7 Å². The van der Waals surface area contributed by atoms with E-state index in [0.717, 1.165) is 4.90 Å². The Morgan fingerprint density at radius 1 is 1.09 bits per heavy atom. The third kappa shape index (κ3) is 9.24. The minimum atomic E-state index is -4.11. The summed E-state index contributed by atoms with van der Waals surface area (Å²) in [5.41, 5.74) is -1.56. The number of rotatable bonds is 14. The number of hydrogen-bond donors (Lipinski definition) is 3. The number of ether oxygens (including phenoxy) is 2. The van der Waals surface area contributed by atoms with E-state index in [9.17, 15) is 45.2 Å². The number of benzene rings is 1. The van der Waals surface area contributed by atoms with Crippen LogP contribution in [0.3, 0.4) is 0 Å². The van der Waals surface area contributed by atoms with Crippen molar-refractivity contribution in [2.75, 3.05) is 13.1 Å². The summed E-state index contributed by atoms with van der Waals surface area (Å²) in [7, 11) is -8.07. The lowest BCUT2D eigenvalue weighted by Gasteiger charge is -2.30. The summed E-state index contributed by atoms with van der Waals surface area (Å²) in [4.78, 5) is 70.2. The Labute approximate surface area is 307 Å². The Morgan fingerprint density at radius 3 is 2.38 bits per heavy atom. The number of hydrogen-bond acceptors (Lipinski definition) is 11. The molecule has 1 unspecified atom stereocenters. The number of carbonyl (C=O) groups is 5. The normalized spacial score (nSPS) is 24.4. The van der Waals surface area contributed by atoms with Crippen LogP contribution >= 0.6 is 0 Å². The van der Waals surface area contributed by atoms with E-state index in [4.69, 9.17) is 9.47 Å². The number of likely N-dealkylation sites (tertiary alicyclic amines) is 1. The van der Waals surface area contributed by atoms with Crippen LogP contribution in [0.1, 0.15) is 64.0 Å². The molecule has 1 aromatic rings. The lowest BCUT2D eigenvalue weighted by atomic mass is 9.91. The number of sulfonamides is 2. The van der Waals surface area contributed by atoms with E-state index in [1.807, 2.05) is 0 Å². The molecule has 3 fully saturated rings. The first kappa shape index (κ1) is 39.8. The molecule has 2 heterocycles. The van der Waals surface area contributed by atoms with E-state index in [1.165, 1.54) is 23.1 Å². The summed E-state index contributed by atoms with van der Waals surface area (Å²) < 4.78 is 79.4. The molecule has 0 aromatic heterocycles. The molecule has 4 aliphatic rings. The second-order valence-electron chi connectivity index (χ2n) is 14.8. The monoisotopic (exact) mass is 781 g/mol. The number of Topliss-reactive ketones (excluding diaryl/α,β-unsaturated/α-hetero) is 1. The van der Waals surface area contributed by atoms with Crippen LogP contribution in [0.4, 0.5) is 14.0 Å². The van der Waals surface area contributed by atoms with Crippen molar-refractivity contribution in [1.82, 2.24) is 24.6 Å². The van der Waals surface area contributed by atoms with Crippen molar-refractivity contribution in [3.05, 3.63) is 59.8 Å². The Balaban J connectivity index is 1.40. The number of nitrogens with one attached hydrogen (secondary N) is 3. The number of halogens is 1. The van der Waals surface area contributed by atoms with Gasteiger partial charge in [0.1, 0.15) is 23.6 Å². The highest BCUT2D eigenvalue weighted by Gasteiger charge is 2.61. The first-order chi connectivity index (χ1) is 24.7. The van der Waals surface area contributed by atoms with Gasteiger partial charge in [-0.25, -0.2) is 35.5 Å². The number of allylic oxidation sites excluding steroid dienone is 1. The maximum absolute atomic E-state index is 14.4. The number of carbonyl (C=O) groups excluding carboxylic acids is 5. The van der Waals surface area contributed by atoms with E-state index in [-0.39, 0.29) is 32.5 Å². The predicted octanol–water partition coefficient (Wildman–Crippen LogP) is 1.96. The summed E-state index contributed by atoms with van der Waals surface area (Å²) in [6.45, 7) is 10.6. The van der Waals surface area contributed by atoms with Crippen LogP contribution in [-0.4, -0.2) is 98.5 Å². The zero-order chi connectivity index (χ0) is 39.1. The Bertz CT molecular complexity index is 1930. The molecule has 0 radical (unpaired) electrons. The molecule has 2 saturated carbocycles. The SMILES string of the molecule is C=C[C@@H]1C[C@]1(CC(=O)C1C[C@@H](OC(=O)N2Cc3cccc(F)c3C2)CN1C(=O)[C@H](CNS(=O)(=O)C=C)NC(=O)OC(C)(C)C)C(=O)NS(=O)(=O)C1CC1. The van der Waals surface area contributed by atoms with Gasteiger partial charge in [-0.3, -0.25) is 24.0 Å². The smallest absolute Gasteiger partial charge is 0.410 e. The average Bonchev–Trinajstić information content (AvgIpc) is 3.96. The van der Waals surface area contributed by atoms with Crippen molar-refractivity contribution in [3.63, 3.8) is 0 Å². The second-order valence-corrected chi connectivity index (χ2v) is 18.4. The van der Waals surface area contributed by atoms with Crippen molar-refractivity contribution in [1.29, 1.82) is 0 Å². The van der Waals surface area contributed by atoms with Crippen molar-refractivity contribution in [2.24, 2.45) is 11.3 Å². The van der Waals surface area contributed by atoms with Gasteiger partial charge in [0.2, 0.25) is 31.9 Å². The van der Waals surface area contributed by atoms with E-state index >= 15 is 0 Å². The molecule has 2 aliphatic carbocycles.